The normalized spacial score (nSPS) is 19.4. The van der Waals surface area contributed by atoms with E-state index in [0.29, 0.717) is 0 Å². The van der Waals surface area contributed by atoms with Crippen molar-refractivity contribution in [2.45, 2.75) is 31.8 Å². The number of H-pyrrole nitrogens is 1. The van der Waals surface area contributed by atoms with E-state index in [1.54, 1.807) is 0 Å². The highest BCUT2D eigenvalue weighted by atomic mass is 16.5. The van der Waals surface area contributed by atoms with Crippen LogP contribution in [0.4, 0.5) is 5.82 Å². The number of aromatic nitrogens is 3. The SMILES string of the molecule is CN1CCCN(c2cc(-c3n[nH]c4ccc(OC5(C)CC5)cc34)ccn2)C1. The fourth-order valence-electron chi connectivity index (χ4n) is 3.73. The lowest BCUT2D eigenvalue weighted by molar-refractivity contribution is 0.200. The van der Waals surface area contributed by atoms with E-state index < -0.39 is 0 Å². The second-order valence-electron chi connectivity index (χ2n) is 8.07. The Morgan fingerprint density at radius 1 is 1.15 bits per heavy atom. The van der Waals surface area contributed by atoms with Crippen molar-refractivity contribution in [2.24, 2.45) is 0 Å². The molecule has 140 valence electrons. The van der Waals surface area contributed by atoms with Crippen LogP contribution >= 0.6 is 0 Å². The van der Waals surface area contributed by atoms with Crippen LogP contribution < -0.4 is 9.64 Å². The Balaban J connectivity index is 1.49. The van der Waals surface area contributed by atoms with E-state index in [2.05, 4.69) is 57.2 Å². The first-order valence-electron chi connectivity index (χ1n) is 9.67. The number of hydrogen-bond acceptors (Lipinski definition) is 5. The molecule has 2 aromatic heterocycles. The Morgan fingerprint density at radius 2 is 2.04 bits per heavy atom. The smallest absolute Gasteiger partial charge is 0.130 e. The number of ether oxygens (including phenoxy) is 1. The monoisotopic (exact) mass is 363 g/mol. The molecule has 3 aromatic rings. The molecule has 0 unspecified atom stereocenters. The predicted molar refractivity (Wildman–Crippen MR) is 107 cm³/mol. The van der Waals surface area contributed by atoms with E-state index in [-0.39, 0.29) is 5.60 Å². The van der Waals surface area contributed by atoms with Gasteiger partial charge in [0.2, 0.25) is 0 Å². The number of anilines is 1. The highest BCUT2D eigenvalue weighted by Gasteiger charge is 2.40. The third kappa shape index (κ3) is 3.25. The molecular weight excluding hydrogens is 338 g/mol. The highest BCUT2D eigenvalue weighted by Crippen LogP contribution is 2.40. The van der Waals surface area contributed by atoms with Gasteiger partial charge in [-0.25, -0.2) is 4.98 Å². The fraction of sp³-hybridized carbons (Fsp3) is 0.429. The van der Waals surface area contributed by atoms with Crippen molar-refractivity contribution < 1.29 is 4.74 Å². The maximum Gasteiger partial charge on any atom is 0.130 e. The van der Waals surface area contributed by atoms with Crippen molar-refractivity contribution in [3.05, 3.63) is 36.5 Å². The standard InChI is InChI=1S/C21H25N5O/c1-21(7-8-21)27-16-4-5-18-17(13-16)20(24-23-18)15-6-9-22-19(12-15)26-11-3-10-25(2)14-26/h4-6,9,12-13H,3,7-8,10-11,14H2,1-2H3,(H,23,24). The van der Waals surface area contributed by atoms with E-state index in [1.807, 2.05) is 18.3 Å². The maximum absolute atomic E-state index is 6.14. The van der Waals surface area contributed by atoms with Gasteiger partial charge in [-0.1, -0.05) is 0 Å². The number of benzene rings is 1. The van der Waals surface area contributed by atoms with Gasteiger partial charge in [0.05, 0.1) is 12.2 Å². The number of rotatable bonds is 4. The van der Waals surface area contributed by atoms with Gasteiger partial charge in [-0.2, -0.15) is 5.10 Å². The summed E-state index contributed by atoms with van der Waals surface area (Å²) in [6.45, 7) is 5.26. The Kier molecular flexibility index (Phi) is 3.82. The molecule has 5 rings (SSSR count). The molecule has 0 spiro atoms. The first-order chi connectivity index (χ1) is 13.1. The minimum absolute atomic E-state index is 0.0156. The third-order valence-electron chi connectivity index (χ3n) is 5.58. The average Bonchev–Trinajstić information content (AvgIpc) is 3.25. The van der Waals surface area contributed by atoms with Crippen molar-refractivity contribution in [3.8, 4) is 17.0 Å². The van der Waals surface area contributed by atoms with Crippen LogP contribution in [0.15, 0.2) is 36.5 Å². The van der Waals surface area contributed by atoms with E-state index in [1.165, 1.54) is 0 Å². The Hall–Kier alpha value is -2.60. The van der Waals surface area contributed by atoms with E-state index in [4.69, 9.17) is 4.74 Å². The van der Waals surface area contributed by atoms with Gasteiger partial charge in [0.25, 0.3) is 0 Å². The van der Waals surface area contributed by atoms with Gasteiger partial charge in [-0.05, 0) is 63.6 Å². The molecular formula is C21H25N5O. The van der Waals surface area contributed by atoms with Crippen molar-refractivity contribution >= 4 is 16.7 Å². The summed E-state index contributed by atoms with van der Waals surface area (Å²) < 4.78 is 6.14. The van der Waals surface area contributed by atoms with Gasteiger partial charge >= 0.3 is 0 Å². The summed E-state index contributed by atoms with van der Waals surface area (Å²) >= 11 is 0. The first kappa shape index (κ1) is 16.6. The van der Waals surface area contributed by atoms with Crippen LogP contribution in [0.5, 0.6) is 5.75 Å². The van der Waals surface area contributed by atoms with Gasteiger partial charge in [0, 0.05) is 30.2 Å². The second-order valence-corrected chi connectivity index (χ2v) is 8.07. The lowest BCUT2D eigenvalue weighted by Gasteiger charge is -2.34. The molecule has 1 aromatic carbocycles. The van der Waals surface area contributed by atoms with Crippen LogP contribution in [0, 0.1) is 0 Å². The summed E-state index contributed by atoms with van der Waals surface area (Å²) in [5.41, 5.74) is 3.07. The van der Waals surface area contributed by atoms with Crippen molar-refractivity contribution in [3.63, 3.8) is 0 Å². The van der Waals surface area contributed by atoms with Crippen LogP contribution in [0.3, 0.4) is 0 Å². The largest absolute Gasteiger partial charge is 0.488 e. The van der Waals surface area contributed by atoms with Crippen LogP contribution in [-0.4, -0.2) is 52.5 Å². The zero-order valence-corrected chi connectivity index (χ0v) is 15.9. The molecule has 1 saturated heterocycles. The minimum atomic E-state index is 0.0156. The zero-order chi connectivity index (χ0) is 18.4. The lowest BCUT2D eigenvalue weighted by Crippen LogP contribution is -2.43. The fourth-order valence-corrected chi connectivity index (χ4v) is 3.73. The summed E-state index contributed by atoms with van der Waals surface area (Å²) in [6, 6.07) is 10.4. The molecule has 2 fully saturated rings. The number of fused-ring (bicyclic) bond motifs is 1. The quantitative estimate of drug-likeness (QED) is 0.767. The van der Waals surface area contributed by atoms with Crippen molar-refractivity contribution in [1.82, 2.24) is 20.1 Å². The van der Waals surface area contributed by atoms with Gasteiger partial charge < -0.3 is 9.64 Å². The topological polar surface area (TPSA) is 57.3 Å². The molecule has 0 bridgehead atoms. The molecule has 1 aliphatic carbocycles. The lowest BCUT2D eigenvalue weighted by atomic mass is 10.1. The van der Waals surface area contributed by atoms with E-state index >= 15 is 0 Å². The Labute approximate surface area is 159 Å². The number of aromatic amines is 1. The van der Waals surface area contributed by atoms with Gasteiger partial charge in [-0.3, -0.25) is 10.00 Å². The van der Waals surface area contributed by atoms with Gasteiger partial charge in [0.15, 0.2) is 0 Å². The minimum Gasteiger partial charge on any atom is -0.488 e. The van der Waals surface area contributed by atoms with Crippen LogP contribution in [0.2, 0.25) is 0 Å². The summed E-state index contributed by atoms with van der Waals surface area (Å²) in [6.07, 6.45) is 5.29. The maximum atomic E-state index is 6.14. The van der Waals surface area contributed by atoms with Crippen LogP contribution in [0.25, 0.3) is 22.2 Å². The molecule has 0 radical (unpaired) electrons. The average molecular weight is 363 g/mol. The van der Waals surface area contributed by atoms with Crippen LogP contribution in [0.1, 0.15) is 26.2 Å². The second kappa shape index (κ2) is 6.23. The van der Waals surface area contributed by atoms with Crippen LogP contribution in [-0.2, 0) is 0 Å². The Morgan fingerprint density at radius 3 is 2.85 bits per heavy atom. The Bertz CT molecular complexity index is 978. The van der Waals surface area contributed by atoms with Gasteiger partial charge in [-0.15, -0.1) is 0 Å². The summed E-state index contributed by atoms with van der Waals surface area (Å²) in [5.74, 6) is 1.92. The molecule has 2 aliphatic rings. The third-order valence-corrected chi connectivity index (χ3v) is 5.58. The van der Waals surface area contributed by atoms with E-state index in [9.17, 15) is 0 Å². The molecule has 27 heavy (non-hydrogen) atoms. The molecule has 3 heterocycles. The molecule has 6 heteroatoms. The zero-order valence-electron chi connectivity index (χ0n) is 15.9. The summed E-state index contributed by atoms with van der Waals surface area (Å²) in [4.78, 5) is 9.25. The number of nitrogens with zero attached hydrogens (tertiary/aromatic N) is 4. The highest BCUT2D eigenvalue weighted by molar-refractivity contribution is 5.94. The number of hydrogen-bond donors (Lipinski definition) is 1. The summed E-state index contributed by atoms with van der Waals surface area (Å²) in [5, 5.41) is 8.82. The molecule has 6 nitrogen and oxygen atoms in total. The van der Waals surface area contributed by atoms with Gasteiger partial charge in [0.1, 0.15) is 22.9 Å². The van der Waals surface area contributed by atoms with Crippen molar-refractivity contribution in [2.75, 3.05) is 31.7 Å². The predicted octanol–water partition coefficient (Wildman–Crippen LogP) is 3.66. The molecule has 1 N–H and O–H groups in total. The van der Waals surface area contributed by atoms with Crippen molar-refractivity contribution in [1.29, 1.82) is 0 Å². The molecule has 0 amide bonds. The molecule has 1 aliphatic heterocycles. The molecule has 1 saturated carbocycles. The molecule has 0 atom stereocenters. The number of nitrogens with one attached hydrogen (secondary N) is 1. The first-order valence-corrected chi connectivity index (χ1v) is 9.67. The summed E-state index contributed by atoms with van der Waals surface area (Å²) in [7, 11) is 2.15. The van der Waals surface area contributed by atoms with E-state index in [0.717, 1.165) is 72.7 Å². The number of pyridine rings is 1.